The van der Waals surface area contributed by atoms with Crippen molar-refractivity contribution in [2.75, 3.05) is 0 Å². The summed E-state index contributed by atoms with van der Waals surface area (Å²) in [5.41, 5.74) is 3.46. The Kier molecular flexibility index (Phi) is 2.52. The first-order valence-corrected chi connectivity index (χ1v) is 6.37. The van der Waals surface area contributed by atoms with Crippen LogP contribution >= 0.6 is 0 Å². The van der Waals surface area contributed by atoms with Crippen molar-refractivity contribution in [3.05, 3.63) is 41.6 Å². The van der Waals surface area contributed by atoms with Crippen LogP contribution in [-0.4, -0.2) is 28.1 Å². The number of aliphatic hydroxyl groups excluding tert-OH is 1. The summed E-state index contributed by atoms with van der Waals surface area (Å²) in [5, 5.41) is 9.67. The molecule has 0 radical (unpaired) electrons. The summed E-state index contributed by atoms with van der Waals surface area (Å²) in [5.74, 6) is -0.153. The summed E-state index contributed by atoms with van der Waals surface area (Å²) in [4.78, 5) is 13.9. The smallest absolute Gasteiger partial charge is 0.234 e. The predicted octanol–water partition coefficient (Wildman–Crippen LogP) is 2.03. The van der Waals surface area contributed by atoms with Gasteiger partial charge in [-0.05, 0) is 31.4 Å². The molecule has 3 atom stereocenters. The van der Waals surface area contributed by atoms with Crippen molar-refractivity contribution in [2.45, 2.75) is 32.4 Å². The molecule has 1 N–H and O–H groups in total. The number of amides is 1. The van der Waals surface area contributed by atoms with Gasteiger partial charge in [-0.2, -0.15) is 0 Å². The van der Waals surface area contributed by atoms with Gasteiger partial charge >= 0.3 is 0 Å². The van der Waals surface area contributed by atoms with Gasteiger partial charge in [0.25, 0.3) is 0 Å². The molecule has 0 saturated carbocycles. The van der Waals surface area contributed by atoms with E-state index >= 15 is 0 Å². The lowest BCUT2D eigenvalue weighted by Gasteiger charge is -2.45. The van der Waals surface area contributed by atoms with Gasteiger partial charge in [0.1, 0.15) is 0 Å². The van der Waals surface area contributed by atoms with Crippen LogP contribution in [0.25, 0.3) is 5.57 Å². The molecule has 2 aliphatic rings. The molecular weight excluding hydrogens is 226 g/mol. The minimum Gasteiger partial charge on any atom is -0.393 e. The van der Waals surface area contributed by atoms with Gasteiger partial charge < -0.3 is 10.0 Å². The van der Waals surface area contributed by atoms with E-state index in [-0.39, 0.29) is 17.9 Å². The molecule has 94 valence electrons. The zero-order valence-electron chi connectivity index (χ0n) is 10.6. The fourth-order valence-corrected chi connectivity index (χ4v) is 3.20. The second kappa shape index (κ2) is 3.95. The fraction of sp³-hybridized carbons (Fsp3) is 0.400. The molecule has 2 heterocycles. The molecule has 1 saturated heterocycles. The quantitative estimate of drug-likeness (QED) is 0.807. The highest BCUT2D eigenvalue weighted by Gasteiger charge is 2.53. The number of carbonyl (C=O) groups excluding carboxylic acids is 1. The summed E-state index contributed by atoms with van der Waals surface area (Å²) >= 11 is 0. The molecule has 18 heavy (non-hydrogen) atoms. The van der Waals surface area contributed by atoms with E-state index in [4.69, 9.17) is 0 Å². The summed E-state index contributed by atoms with van der Waals surface area (Å²) in [6, 6.07) is 10.3. The van der Waals surface area contributed by atoms with Crippen LogP contribution in [0.2, 0.25) is 0 Å². The summed E-state index contributed by atoms with van der Waals surface area (Å²) in [7, 11) is 0. The molecule has 3 rings (SSSR count). The molecule has 0 aromatic heterocycles. The Hall–Kier alpha value is -1.61. The number of carbonyl (C=O) groups is 1. The molecule has 1 amide bonds. The number of fused-ring (bicyclic) bond motifs is 1. The number of aliphatic hydroxyl groups is 1. The van der Waals surface area contributed by atoms with Gasteiger partial charge in [-0.3, -0.25) is 4.79 Å². The summed E-state index contributed by atoms with van der Waals surface area (Å²) < 4.78 is 0. The van der Waals surface area contributed by atoms with Crippen LogP contribution in [0.1, 0.15) is 25.8 Å². The third kappa shape index (κ3) is 1.44. The molecule has 0 spiro atoms. The molecule has 2 aliphatic heterocycles. The summed E-state index contributed by atoms with van der Waals surface area (Å²) in [6.45, 7) is 3.70. The van der Waals surface area contributed by atoms with Gasteiger partial charge in [0.2, 0.25) is 5.91 Å². The number of benzene rings is 1. The van der Waals surface area contributed by atoms with Crippen LogP contribution in [-0.2, 0) is 4.79 Å². The Morgan fingerprint density at radius 1 is 1.33 bits per heavy atom. The van der Waals surface area contributed by atoms with E-state index in [1.807, 2.05) is 30.0 Å². The zero-order chi connectivity index (χ0) is 12.9. The van der Waals surface area contributed by atoms with E-state index < -0.39 is 6.10 Å². The van der Waals surface area contributed by atoms with Crippen molar-refractivity contribution in [3.63, 3.8) is 0 Å². The maximum absolute atomic E-state index is 12.0. The van der Waals surface area contributed by atoms with E-state index in [0.717, 1.165) is 12.1 Å². The Morgan fingerprint density at radius 3 is 2.61 bits per heavy atom. The fourth-order valence-electron chi connectivity index (χ4n) is 3.20. The van der Waals surface area contributed by atoms with Crippen molar-refractivity contribution in [3.8, 4) is 0 Å². The highest BCUT2D eigenvalue weighted by Crippen LogP contribution is 2.46. The molecule has 3 heteroatoms. The average Bonchev–Trinajstić information content (AvgIpc) is 2.62. The number of hydrogen-bond donors (Lipinski definition) is 1. The Labute approximate surface area is 107 Å². The van der Waals surface area contributed by atoms with E-state index in [2.05, 4.69) is 12.1 Å². The SMILES string of the molecule is CC1=C(c2ccccc2)CC2C(C(C)O)C(=O)N12. The number of allylic oxidation sites excluding steroid dienone is 1. The van der Waals surface area contributed by atoms with Gasteiger partial charge in [0.05, 0.1) is 18.1 Å². The van der Waals surface area contributed by atoms with Crippen molar-refractivity contribution >= 4 is 11.5 Å². The Morgan fingerprint density at radius 2 is 2.00 bits per heavy atom. The van der Waals surface area contributed by atoms with Crippen LogP contribution in [0.5, 0.6) is 0 Å². The van der Waals surface area contributed by atoms with Gasteiger partial charge in [-0.15, -0.1) is 0 Å². The van der Waals surface area contributed by atoms with Gasteiger partial charge in [0.15, 0.2) is 0 Å². The van der Waals surface area contributed by atoms with E-state index in [0.29, 0.717) is 0 Å². The molecule has 3 unspecified atom stereocenters. The van der Waals surface area contributed by atoms with Gasteiger partial charge in [-0.25, -0.2) is 0 Å². The lowest BCUT2D eigenvalue weighted by molar-refractivity contribution is -0.157. The maximum atomic E-state index is 12.0. The minimum absolute atomic E-state index is 0.0680. The van der Waals surface area contributed by atoms with Crippen LogP contribution < -0.4 is 0 Å². The van der Waals surface area contributed by atoms with Crippen molar-refractivity contribution in [1.82, 2.24) is 4.90 Å². The van der Waals surface area contributed by atoms with Crippen molar-refractivity contribution in [1.29, 1.82) is 0 Å². The van der Waals surface area contributed by atoms with E-state index in [9.17, 15) is 9.90 Å². The molecule has 0 bridgehead atoms. The molecule has 0 aliphatic carbocycles. The van der Waals surface area contributed by atoms with E-state index in [1.54, 1.807) is 6.92 Å². The standard InChI is InChI=1S/C15H17NO2/c1-9-12(11-6-4-3-5-7-11)8-13-14(10(2)17)15(18)16(9)13/h3-7,10,13-14,17H,8H2,1-2H3. The highest BCUT2D eigenvalue weighted by atomic mass is 16.3. The lowest BCUT2D eigenvalue weighted by Crippen LogP contribution is -2.60. The number of rotatable bonds is 2. The van der Waals surface area contributed by atoms with E-state index in [1.165, 1.54) is 11.1 Å². The largest absolute Gasteiger partial charge is 0.393 e. The topological polar surface area (TPSA) is 40.5 Å². The van der Waals surface area contributed by atoms with Crippen molar-refractivity contribution < 1.29 is 9.90 Å². The first kappa shape index (κ1) is 11.5. The second-order valence-electron chi connectivity index (χ2n) is 5.18. The van der Waals surface area contributed by atoms with Crippen LogP contribution in [0, 0.1) is 5.92 Å². The van der Waals surface area contributed by atoms with Gasteiger partial charge in [0, 0.05) is 5.70 Å². The minimum atomic E-state index is -0.554. The number of nitrogens with zero attached hydrogens (tertiary/aromatic N) is 1. The van der Waals surface area contributed by atoms with Crippen LogP contribution in [0.3, 0.4) is 0 Å². The molecular formula is C15H17NO2. The van der Waals surface area contributed by atoms with Crippen LogP contribution in [0.15, 0.2) is 36.0 Å². The first-order chi connectivity index (χ1) is 8.61. The first-order valence-electron chi connectivity index (χ1n) is 6.37. The highest BCUT2D eigenvalue weighted by molar-refractivity contribution is 5.93. The normalized spacial score (nSPS) is 28.2. The number of β-lactam (4-membered cyclic amide) rings is 1. The maximum Gasteiger partial charge on any atom is 0.234 e. The number of hydrogen-bond acceptors (Lipinski definition) is 2. The monoisotopic (exact) mass is 243 g/mol. The Bertz CT molecular complexity index is 519. The third-order valence-electron chi connectivity index (χ3n) is 4.12. The molecule has 1 fully saturated rings. The van der Waals surface area contributed by atoms with Gasteiger partial charge in [-0.1, -0.05) is 30.3 Å². The lowest BCUT2D eigenvalue weighted by atomic mass is 9.82. The molecule has 3 nitrogen and oxygen atoms in total. The summed E-state index contributed by atoms with van der Waals surface area (Å²) in [6.07, 6.45) is 0.304. The molecule has 1 aromatic carbocycles. The third-order valence-corrected chi connectivity index (χ3v) is 4.12. The zero-order valence-corrected chi connectivity index (χ0v) is 10.6. The van der Waals surface area contributed by atoms with Crippen LogP contribution in [0.4, 0.5) is 0 Å². The average molecular weight is 243 g/mol. The second-order valence-corrected chi connectivity index (χ2v) is 5.18. The Balaban J connectivity index is 1.92. The predicted molar refractivity (Wildman–Crippen MR) is 69.5 cm³/mol. The van der Waals surface area contributed by atoms with Crippen molar-refractivity contribution in [2.24, 2.45) is 5.92 Å². The molecule has 1 aromatic rings.